The first-order valence-electron chi connectivity index (χ1n) is 9.92. The summed E-state index contributed by atoms with van der Waals surface area (Å²) in [6.07, 6.45) is 3.25. The van der Waals surface area contributed by atoms with Crippen LogP contribution in [0.15, 0.2) is 47.4 Å². The maximum atomic E-state index is 13.0. The number of amides is 1. The van der Waals surface area contributed by atoms with Gasteiger partial charge in [0.2, 0.25) is 15.9 Å². The Bertz CT molecular complexity index is 946. The van der Waals surface area contributed by atoms with Crippen molar-refractivity contribution < 1.29 is 17.9 Å². The Labute approximate surface area is 165 Å². The molecule has 0 unspecified atom stereocenters. The number of nitrogens with one attached hydrogen (secondary N) is 1. The third-order valence-electron chi connectivity index (χ3n) is 5.71. The standard InChI is InChI=1S/C21H26N2O4S/c24-21(22-15-19-6-3-13-27-19)17-9-11-23(12-10-17)28(25,26)20-8-7-16-4-1-2-5-18(16)14-20/h1-2,4-5,7-8,14,17,19H,3,6,9-13,15H2,(H,22,24)/t19-/m1/s1. The third kappa shape index (κ3) is 4.06. The van der Waals surface area contributed by atoms with Crippen LogP contribution >= 0.6 is 0 Å². The first-order valence-corrected chi connectivity index (χ1v) is 11.4. The number of ether oxygens (including phenoxy) is 1. The number of benzene rings is 2. The van der Waals surface area contributed by atoms with E-state index in [1.807, 2.05) is 30.3 Å². The lowest BCUT2D eigenvalue weighted by Crippen LogP contribution is -2.44. The van der Waals surface area contributed by atoms with Gasteiger partial charge in [0.1, 0.15) is 0 Å². The zero-order valence-corrected chi connectivity index (χ0v) is 16.7. The molecule has 0 saturated carbocycles. The van der Waals surface area contributed by atoms with Gasteiger partial charge in [-0.05, 0) is 48.6 Å². The molecule has 28 heavy (non-hydrogen) atoms. The van der Waals surface area contributed by atoms with Gasteiger partial charge < -0.3 is 10.1 Å². The molecule has 2 fully saturated rings. The minimum Gasteiger partial charge on any atom is -0.376 e. The number of nitrogens with zero attached hydrogens (tertiary/aromatic N) is 1. The van der Waals surface area contributed by atoms with E-state index < -0.39 is 10.0 Å². The van der Waals surface area contributed by atoms with Crippen LogP contribution in [0.5, 0.6) is 0 Å². The Balaban J connectivity index is 1.37. The van der Waals surface area contributed by atoms with E-state index in [-0.39, 0.29) is 17.9 Å². The zero-order valence-electron chi connectivity index (χ0n) is 15.8. The quantitative estimate of drug-likeness (QED) is 0.834. The lowest BCUT2D eigenvalue weighted by atomic mass is 9.97. The average Bonchev–Trinajstić information content (AvgIpc) is 3.25. The monoisotopic (exact) mass is 402 g/mol. The smallest absolute Gasteiger partial charge is 0.243 e. The second kappa shape index (κ2) is 8.19. The van der Waals surface area contributed by atoms with Crippen molar-refractivity contribution in [2.45, 2.75) is 36.7 Å². The van der Waals surface area contributed by atoms with E-state index in [0.717, 1.165) is 30.2 Å². The van der Waals surface area contributed by atoms with Crippen LogP contribution in [0.25, 0.3) is 10.8 Å². The molecule has 0 radical (unpaired) electrons. The van der Waals surface area contributed by atoms with Gasteiger partial charge in [-0.3, -0.25) is 4.79 Å². The number of carbonyl (C=O) groups excluding carboxylic acids is 1. The molecule has 2 heterocycles. The van der Waals surface area contributed by atoms with Crippen LogP contribution in [0.1, 0.15) is 25.7 Å². The minimum absolute atomic E-state index is 0.0123. The fourth-order valence-electron chi connectivity index (χ4n) is 4.00. The topological polar surface area (TPSA) is 75.7 Å². The second-order valence-electron chi connectivity index (χ2n) is 7.57. The summed E-state index contributed by atoms with van der Waals surface area (Å²) in [7, 11) is -3.55. The van der Waals surface area contributed by atoms with Crippen molar-refractivity contribution in [1.82, 2.24) is 9.62 Å². The molecule has 0 aliphatic carbocycles. The number of sulfonamides is 1. The van der Waals surface area contributed by atoms with E-state index in [1.54, 1.807) is 12.1 Å². The summed E-state index contributed by atoms with van der Waals surface area (Å²) in [5.74, 6) is -0.122. The van der Waals surface area contributed by atoms with Crippen molar-refractivity contribution in [3.8, 4) is 0 Å². The van der Waals surface area contributed by atoms with E-state index in [1.165, 1.54) is 4.31 Å². The molecule has 6 nitrogen and oxygen atoms in total. The van der Waals surface area contributed by atoms with Crippen LogP contribution in [-0.2, 0) is 19.6 Å². The van der Waals surface area contributed by atoms with Gasteiger partial charge in [-0.2, -0.15) is 4.31 Å². The van der Waals surface area contributed by atoms with Crippen molar-refractivity contribution in [1.29, 1.82) is 0 Å². The summed E-state index contributed by atoms with van der Waals surface area (Å²) in [5.41, 5.74) is 0. The van der Waals surface area contributed by atoms with Gasteiger partial charge in [0.05, 0.1) is 11.0 Å². The predicted octanol–water partition coefficient (Wildman–Crippen LogP) is 2.54. The second-order valence-corrected chi connectivity index (χ2v) is 9.51. The Morgan fingerprint density at radius 1 is 1.07 bits per heavy atom. The number of hydrogen-bond acceptors (Lipinski definition) is 4. The van der Waals surface area contributed by atoms with Crippen LogP contribution in [0, 0.1) is 5.92 Å². The SMILES string of the molecule is O=C(NC[C@H]1CCCO1)C1CCN(S(=O)(=O)c2ccc3ccccc3c2)CC1. The maximum absolute atomic E-state index is 13.0. The minimum atomic E-state index is -3.55. The molecular weight excluding hydrogens is 376 g/mol. The van der Waals surface area contributed by atoms with E-state index in [0.29, 0.717) is 37.4 Å². The van der Waals surface area contributed by atoms with Crippen molar-refractivity contribution in [3.05, 3.63) is 42.5 Å². The molecule has 2 saturated heterocycles. The van der Waals surface area contributed by atoms with E-state index in [9.17, 15) is 13.2 Å². The average molecular weight is 403 g/mol. The molecule has 1 N–H and O–H groups in total. The molecule has 0 aromatic heterocycles. The van der Waals surface area contributed by atoms with E-state index >= 15 is 0 Å². The number of hydrogen-bond donors (Lipinski definition) is 1. The predicted molar refractivity (Wildman–Crippen MR) is 107 cm³/mol. The zero-order chi connectivity index (χ0) is 19.6. The molecule has 1 amide bonds. The first kappa shape index (κ1) is 19.4. The summed E-state index contributed by atoms with van der Waals surface area (Å²) in [5, 5.41) is 4.89. The van der Waals surface area contributed by atoms with Crippen molar-refractivity contribution >= 4 is 26.7 Å². The highest BCUT2D eigenvalue weighted by Crippen LogP contribution is 2.26. The van der Waals surface area contributed by atoms with Gasteiger partial charge in [-0.25, -0.2) is 8.42 Å². The van der Waals surface area contributed by atoms with E-state index in [2.05, 4.69) is 5.32 Å². The summed E-state index contributed by atoms with van der Waals surface area (Å²) < 4.78 is 33.1. The Morgan fingerprint density at radius 2 is 1.82 bits per heavy atom. The van der Waals surface area contributed by atoms with Crippen molar-refractivity contribution in [3.63, 3.8) is 0 Å². The highest BCUT2D eigenvalue weighted by Gasteiger charge is 2.32. The van der Waals surface area contributed by atoms with Crippen LogP contribution in [-0.4, -0.2) is 51.0 Å². The van der Waals surface area contributed by atoms with Gasteiger partial charge >= 0.3 is 0 Å². The van der Waals surface area contributed by atoms with Crippen LogP contribution in [0.4, 0.5) is 0 Å². The fraction of sp³-hybridized carbons (Fsp3) is 0.476. The summed E-state index contributed by atoms with van der Waals surface area (Å²) in [4.78, 5) is 12.7. The normalized spacial score (nSPS) is 21.8. The number of piperidine rings is 1. The number of carbonyl (C=O) groups is 1. The Hall–Kier alpha value is -1.96. The van der Waals surface area contributed by atoms with Crippen molar-refractivity contribution in [2.24, 2.45) is 5.92 Å². The molecule has 1 atom stereocenters. The third-order valence-corrected chi connectivity index (χ3v) is 7.61. The summed E-state index contributed by atoms with van der Waals surface area (Å²) in [6.45, 7) is 2.06. The number of rotatable bonds is 5. The lowest BCUT2D eigenvalue weighted by molar-refractivity contribution is -0.126. The Kier molecular flexibility index (Phi) is 5.66. The molecule has 4 rings (SSSR count). The molecular formula is C21H26N2O4S. The summed E-state index contributed by atoms with van der Waals surface area (Å²) >= 11 is 0. The Morgan fingerprint density at radius 3 is 2.54 bits per heavy atom. The molecule has 7 heteroatoms. The summed E-state index contributed by atoms with van der Waals surface area (Å²) in [6, 6.07) is 13.0. The molecule has 0 bridgehead atoms. The number of fused-ring (bicyclic) bond motifs is 1. The molecule has 2 aromatic rings. The molecule has 150 valence electrons. The van der Waals surface area contributed by atoms with Gasteiger partial charge in [0.25, 0.3) is 0 Å². The maximum Gasteiger partial charge on any atom is 0.243 e. The van der Waals surface area contributed by atoms with Gasteiger partial charge in [-0.1, -0.05) is 30.3 Å². The van der Waals surface area contributed by atoms with Crippen LogP contribution < -0.4 is 5.32 Å². The molecule has 0 spiro atoms. The fourth-order valence-corrected chi connectivity index (χ4v) is 5.50. The highest BCUT2D eigenvalue weighted by molar-refractivity contribution is 7.89. The largest absolute Gasteiger partial charge is 0.376 e. The first-order chi connectivity index (χ1) is 13.5. The van der Waals surface area contributed by atoms with Gasteiger partial charge in [0, 0.05) is 32.2 Å². The molecule has 2 aliphatic heterocycles. The van der Waals surface area contributed by atoms with Gasteiger partial charge in [0.15, 0.2) is 0 Å². The van der Waals surface area contributed by atoms with Crippen LogP contribution in [0.2, 0.25) is 0 Å². The lowest BCUT2D eigenvalue weighted by Gasteiger charge is -2.30. The van der Waals surface area contributed by atoms with E-state index in [4.69, 9.17) is 4.74 Å². The highest BCUT2D eigenvalue weighted by atomic mass is 32.2. The van der Waals surface area contributed by atoms with Crippen LogP contribution in [0.3, 0.4) is 0 Å². The van der Waals surface area contributed by atoms with Crippen molar-refractivity contribution in [2.75, 3.05) is 26.2 Å². The van der Waals surface area contributed by atoms with Gasteiger partial charge in [-0.15, -0.1) is 0 Å². The molecule has 2 aliphatic rings. The molecule has 2 aromatic carbocycles.